The Morgan fingerprint density at radius 3 is 2.50 bits per heavy atom. The van der Waals surface area contributed by atoms with E-state index in [4.69, 9.17) is 5.26 Å². The van der Waals surface area contributed by atoms with Crippen molar-refractivity contribution in [2.45, 2.75) is 58.3 Å². The lowest BCUT2D eigenvalue weighted by Crippen LogP contribution is -2.41. The highest BCUT2D eigenvalue weighted by Gasteiger charge is 2.31. The van der Waals surface area contributed by atoms with E-state index in [1.54, 1.807) is 0 Å². The Morgan fingerprint density at radius 1 is 1.33 bits per heavy atom. The number of hydrogen-bond donors (Lipinski definition) is 0. The van der Waals surface area contributed by atoms with Crippen LogP contribution in [-0.2, 0) is 4.79 Å². The summed E-state index contributed by atoms with van der Waals surface area (Å²) in [5.74, 6) is 1.10. The molecule has 0 bridgehead atoms. The smallest absolute Gasteiger partial charge is 0.222 e. The van der Waals surface area contributed by atoms with Gasteiger partial charge in [0.2, 0.25) is 5.91 Å². The lowest BCUT2D eigenvalue weighted by Gasteiger charge is -2.35. The molecule has 2 fully saturated rings. The maximum Gasteiger partial charge on any atom is 0.222 e. The van der Waals surface area contributed by atoms with E-state index in [1.165, 1.54) is 25.7 Å². The number of nitrogens with zero attached hydrogens (tertiary/aromatic N) is 2. The summed E-state index contributed by atoms with van der Waals surface area (Å²) in [7, 11) is 0. The van der Waals surface area contributed by atoms with E-state index in [2.05, 4.69) is 6.07 Å². The van der Waals surface area contributed by atoms with Crippen molar-refractivity contribution in [2.75, 3.05) is 13.1 Å². The molecule has 0 spiro atoms. The summed E-state index contributed by atoms with van der Waals surface area (Å²) >= 11 is 0. The molecular weight excluding hydrogens is 224 g/mol. The molecule has 1 saturated heterocycles. The molecule has 1 aliphatic carbocycles. The van der Waals surface area contributed by atoms with Gasteiger partial charge < -0.3 is 4.90 Å². The first-order valence-corrected chi connectivity index (χ1v) is 7.32. The van der Waals surface area contributed by atoms with Gasteiger partial charge in [0.25, 0.3) is 0 Å². The van der Waals surface area contributed by atoms with Crippen molar-refractivity contribution in [2.24, 2.45) is 11.3 Å². The van der Waals surface area contributed by atoms with Gasteiger partial charge in [0.15, 0.2) is 0 Å². The Balaban J connectivity index is 1.72. The van der Waals surface area contributed by atoms with Crippen LogP contribution in [0.15, 0.2) is 0 Å². The number of piperidine rings is 1. The van der Waals surface area contributed by atoms with Crippen LogP contribution in [0.5, 0.6) is 0 Å². The van der Waals surface area contributed by atoms with Crippen LogP contribution in [0.2, 0.25) is 0 Å². The van der Waals surface area contributed by atoms with Crippen molar-refractivity contribution >= 4 is 5.91 Å². The maximum atomic E-state index is 12.1. The Hall–Kier alpha value is -1.04. The molecular formula is C15H24N2O. The molecule has 0 aromatic heterocycles. The normalized spacial score (nSPS) is 23.9. The van der Waals surface area contributed by atoms with Crippen LogP contribution >= 0.6 is 0 Å². The fourth-order valence-corrected chi connectivity index (χ4v) is 3.15. The molecule has 0 atom stereocenters. The highest BCUT2D eigenvalue weighted by Crippen LogP contribution is 2.31. The number of nitriles is 1. The van der Waals surface area contributed by atoms with Gasteiger partial charge in [-0.3, -0.25) is 4.79 Å². The third kappa shape index (κ3) is 3.25. The molecule has 1 aliphatic heterocycles. The van der Waals surface area contributed by atoms with Gasteiger partial charge in [0.1, 0.15) is 0 Å². The van der Waals surface area contributed by atoms with Crippen LogP contribution in [0.25, 0.3) is 0 Å². The Labute approximate surface area is 110 Å². The summed E-state index contributed by atoms with van der Waals surface area (Å²) in [5, 5.41) is 9.07. The number of rotatable bonds is 3. The topological polar surface area (TPSA) is 44.1 Å². The summed E-state index contributed by atoms with van der Waals surface area (Å²) < 4.78 is 0. The summed E-state index contributed by atoms with van der Waals surface area (Å²) in [6.07, 6.45) is 8.79. The summed E-state index contributed by atoms with van der Waals surface area (Å²) in [4.78, 5) is 14.1. The minimum atomic E-state index is -0.206. The summed E-state index contributed by atoms with van der Waals surface area (Å²) in [6.45, 7) is 3.55. The number of amides is 1. The van der Waals surface area contributed by atoms with Crippen LogP contribution in [0.1, 0.15) is 58.3 Å². The quantitative estimate of drug-likeness (QED) is 0.770. The third-order valence-electron chi connectivity index (χ3n) is 4.73. The van der Waals surface area contributed by atoms with E-state index < -0.39 is 0 Å². The number of hydrogen-bond acceptors (Lipinski definition) is 2. The molecule has 0 aromatic rings. The summed E-state index contributed by atoms with van der Waals surface area (Å²) in [6, 6.07) is 2.38. The Kier molecular flexibility index (Phi) is 4.27. The van der Waals surface area contributed by atoms with Gasteiger partial charge in [-0.25, -0.2) is 0 Å². The molecule has 0 radical (unpaired) electrons. The molecule has 1 heterocycles. The molecule has 2 aliphatic rings. The van der Waals surface area contributed by atoms with Crippen LogP contribution in [0, 0.1) is 22.7 Å². The summed E-state index contributed by atoms with van der Waals surface area (Å²) in [5.41, 5.74) is -0.206. The number of carbonyl (C=O) groups is 1. The van der Waals surface area contributed by atoms with E-state index >= 15 is 0 Å². The molecule has 0 N–H and O–H groups in total. The van der Waals surface area contributed by atoms with Crippen LogP contribution in [0.3, 0.4) is 0 Å². The second-order valence-corrected chi connectivity index (χ2v) is 6.24. The monoisotopic (exact) mass is 248 g/mol. The molecule has 1 amide bonds. The maximum absolute atomic E-state index is 12.1. The molecule has 100 valence electrons. The van der Waals surface area contributed by atoms with Crippen molar-refractivity contribution < 1.29 is 4.79 Å². The van der Waals surface area contributed by atoms with Crippen molar-refractivity contribution in [3.8, 4) is 6.07 Å². The number of carbonyl (C=O) groups excluding carboxylic acids is 1. The van der Waals surface area contributed by atoms with E-state index in [1.807, 2.05) is 11.8 Å². The third-order valence-corrected chi connectivity index (χ3v) is 4.73. The van der Waals surface area contributed by atoms with Gasteiger partial charge in [-0.1, -0.05) is 25.7 Å². The highest BCUT2D eigenvalue weighted by molar-refractivity contribution is 5.76. The fourth-order valence-electron chi connectivity index (χ4n) is 3.15. The lowest BCUT2D eigenvalue weighted by atomic mass is 9.82. The van der Waals surface area contributed by atoms with Crippen molar-refractivity contribution in [3.63, 3.8) is 0 Å². The molecule has 3 heteroatoms. The Bertz CT molecular complexity index is 331. The minimum Gasteiger partial charge on any atom is -0.343 e. The second-order valence-electron chi connectivity index (χ2n) is 6.24. The standard InChI is InChI=1S/C15H24N2O/c1-15(12-16)8-10-17(11-9-15)14(18)7-6-13-4-2-3-5-13/h13H,2-11H2,1H3. The fraction of sp³-hybridized carbons (Fsp3) is 0.867. The van der Waals surface area contributed by atoms with Gasteiger partial charge >= 0.3 is 0 Å². The van der Waals surface area contributed by atoms with Crippen molar-refractivity contribution in [3.05, 3.63) is 0 Å². The molecule has 0 aromatic carbocycles. The predicted octanol–water partition coefficient (Wildman–Crippen LogP) is 3.11. The predicted molar refractivity (Wildman–Crippen MR) is 70.7 cm³/mol. The zero-order chi connectivity index (χ0) is 13.0. The minimum absolute atomic E-state index is 0.206. The van der Waals surface area contributed by atoms with E-state index in [9.17, 15) is 4.79 Å². The zero-order valence-electron chi connectivity index (χ0n) is 11.5. The highest BCUT2D eigenvalue weighted by atomic mass is 16.2. The number of likely N-dealkylation sites (tertiary alicyclic amines) is 1. The average Bonchev–Trinajstić information content (AvgIpc) is 2.90. The van der Waals surface area contributed by atoms with Gasteiger partial charge in [0.05, 0.1) is 11.5 Å². The van der Waals surface area contributed by atoms with Gasteiger partial charge in [-0.2, -0.15) is 5.26 Å². The second kappa shape index (κ2) is 5.73. The molecule has 3 nitrogen and oxygen atoms in total. The van der Waals surface area contributed by atoms with Gasteiger partial charge in [-0.15, -0.1) is 0 Å². The molecule has 18 heavy (non-hydrogen) atoms. The van der Waals surface area contributed by atoms with Crippen LogP contribution in [0.4, 0.5) is 0 Å². The zero-order valence-corrected chi connectivity index (χ0v) is 11.5. The average molecular weight is 248 g/mol. The van der Waals surface area contributed by atoms with Gasteiger partial charge in [0, 0.05) is 19.5 Å². The van der Waals surface area contributed by atoms with Crippen molar-refractivity contribution in [1.29, 1.82) is 5.26 Å². The van der Waals surface area contributed by atoms with E-state index in [0.717, 1.165) is 38.3 Å². The first kappa shape index (κ1) is 13.4. The van der Waals surface area contributed by atoms with E-state index in [-0.39, 0.29) is 5.41 Å². The van der Waals surface area contributed by atoms with Gasteiger partial charge in [-0.05, 0) is 32.1 Å². The lowest BCUT2D eigenvalue weighted by molar-refractivity contribution is -0.133. The Morgan fingerprint density at radius 2 is 1.94 bits per heavy atom. The largest absolute Gasteiger partial charge is 0.343 e. The molecule has 2 rings (SSSR count). The van der Waals surface area contributed by atoms with E-state index in [0.29, 0.717) is 12.3 Å². The first-order valence-electron chi connectivity index (χ1n) is 7.32. The van der Waals surface area contributed by atoms with Crippen LogP contribution < -0.4 is 0 Å². The van der Waals surface area contributed by atoms with Crippen molar-refractivity contribution in [1.82, 2.24) is 4.90 Å². The SMILES string of the molecule is CC1(C#N)CCN(C(=O)CCC2CCCC2)CC1. The molecule has 1 saturated carbocycles. The first-order chi connectivity index (χ1) is 8.63. The van der Waals surface area contributed by atoms with Crippen LogP contribution in [-0.4, -0.2) is 23.9 Å². The molecule has 0 unspecified atom stereocenters.